The molecule has 2 nitrogen and oxygen atoms in total. The van der Waals surface area contributed by atoms with Gasteiger partial charge in [-0.05, 0) is 37.0 Å². The van der Waals surface area contributed by atoms with Gasteiger partial charge in [0.1, 0.15) is 0 Å². The third kappa shape index (κ3) is 7.22. The van der Waals surface area contributed by atoms with Crippen molar-refractivity contribution < 1.29 is 9.53 Å². The molecule has 3 heteroatoms. The van der Waals surface area contributed by atoms with Gasteiger partial charge in [0.2, 0.25) is 8.32 Å². The van der Waals surface area contributed by atoms with Crippen LogP contribution in [0.25, 0.3) is 0 Å². The zero-order chi connectivity index (χ0) is 13.9. The third-order valence-corrected chi connectivity index (χ3v) is 8.40. The van der Waals surface area contributed by atoms with E-state index >= 15 is 0 Å². The Hall–Kier alpha value is -0.283. The van der Waals surface area contributed by atoms with E-state index in [0.29, 0.717) is 0 Å². The second kappa shape index (κ2) is 10.6. The summed E-state index contributed by atoms with van der Waals surface area (Å²) in [5, 5.41) is 9.78. The second-order valence-corrected chi connectivity index (χ2v) is 9.84. The van der Waals surface area contributed by atoms with Crippen LogP contribution in [0.5, 0.6) is 0 Å². The van der Waals surface area contributed by atoms with E-state index in [1.54, 1.807) is 0 Å². The number of rotatable bonds is 11. The van der Waals surface area contributed by atoms with Gasteiger partial charge in [-0.3, -0.25) is 0 Å². The first-order valence-electron chi connectivity index (χ1n) is 7.65. The monoisotopic (exact) mass is 272 g/mol. The van der Waals surface area contributed by atoms with E-state index in [9.17, 15) is 5.11 Å². The Kier molecular flexibility index (Phi) is 10.5. The molecule has 0 saturated carbocycles. The summed E-state index contributed by atoms with van der Waals surface area (Å²) in [7, 11) is -1.49. The largest absolute Gasteiger partial charge is 0.549 e. The molecule has 0 spiro atoms. The average Bonchev–Trinajstić information content (AvgIpc) is 2.40. The molecule has 1 unspecified atom stereocenters. The molecule has 0 fully saturated rings. The Morgan fingerprint density at radius 2 is 1.67 bits per heavy atom. The molecule has 1 atom stereocenters. The SMILES string of the molecule is CCCCCC(O)C/C=C/O[Si](CC)(CC)CC. The third-order valence-electron chi connectivity index (χ3n) is 3.90. The molecule has 0 saturated heterocycles. The van der Waals surface area contributed by atoms with Gasteiger partial charge in [0.05, 0.1) is 12.4 Å². The molecular formula is C15H32O2Si. The van der Waals surface area contributed by atoms with Crippen molar-refractivity contribution in [3.63, 3.8) is 0 Å². The maximum atomic E-state index is 9.78. The van der Waals surface area contributed by atoms with Crippen LogP contribution in [0.1, 0.15) is 59.8 Å². The maximum absolute atomic E-state index is 9.78. The van der Waals surface area contributed by atoms with Crippen molar-refractivity contribution in [3.8, 4) is 0 Å². The first kappa shape index (κ1) is 17.7. The van der Waals surface area contributed by atoms with E-state index in [1.165, 1.54) is 31.0 Å². The predicted octanol–water partition coefficient (Wildman–Crippen LogP) is 4.85. The van der Waals surface area contributed by atoms with Crippen LogP contribution in [0.2, 0.25) is 18.1 Å². The zero-order valence-electron chi connectivity index (χ0n) is 12.7. The smallest absolute Gasteiger partial charge is 0.249 e. The molecule has 0 aromatic heterocycles. The highest BCUT2D eigenvalue weighted by atomic mass is 28.4. The molecule has 1 N–H and O–H groups in total. The van der Waals surface area contributed by atoms with Crippen LogP contribution in [-0.4, -0.2) is 19.5 Å². The van der Waals surface area contributed by atoms with Crippen molar-refractivity contribution >= 4 is 8.32 Å². The quantitative estimate of drug-likeness (QED) is 0.331. The second-order valence-electron chi connectivity index (χ2n) is 5.12. The lowest BCUT2D eigenvalue weighted by Crippen LogP contribution is -2.33. The van der Waals surface area contributed by atoms with Crippen LogP contribution in [-0.2, 0) is 4.43 Å². The van der Waals surface area contributed by atoms with Crippen molar-refractivity contribution in [1.82, 2.24) is 0 Å². The minimum absolute atomic E-state index is 0.197. The van der Waals surface area contributed by atoms with Crippen LogP contribution in [0.4, 0.5) is 0 Å². The summed E-state index contributed by atoms with van der Waals surface area (Å²) in [6, 6.07) is 3.51. The van der Waals surface area contributed by atoms with Gasteiger partial charge in [-0.1, -0.05) is 47.0 Å². The van der Waals surface area contributed by atoms with Gasteiger partial charge in [0.25, 0.3) is 0 Å². The van der Waals surface area contributed by atoms with Gasteiger partial charge >= 0.3 is 0 Å². The number of aliphatic hydroxyl groups excluding tert-OH is 1. The van der Waals surface area contributed by atoms with Crippen molar-refractivity contribution in [3.05, 3.63) is 12.3 Å². The molecule has 0 aromatic rings. The number of unbranched alkanes of at least 4 members (excludes halogenated alkanes) is 2. The van der Waals surface area contributed by atoms with E-state index in [2.05, 4.69) is 27.7 Å². The highest BCUT2D eigenvalue weighted by Gasteiger charge is 2.28. The molecule has 0 amide bonds. The van der Waals surface area contributed by atoms with Crippen LogP contribution >= 0.6 is 0 Å². The normalized spacial score (nSPS) is 14.1. The van der Waals surface area contributed by atoms with Crippen LogP contribution in [0.3, 0.4) is 0 Å². The molecule has 18 heavy (non-hydrogen) atoms. The Morgan fingerprint density at radius 3 is 2.17 bits per heavy atom. The van der Waals surface area contributed by atoms with Crippen LogP contribution < -0.4 is 0 Å². The average molecular weight is 273 g/mol. The summed E-state index contributed by atoms with van der Waals surface area (Å²) in [6.07, 6.45) is 8.85. The number of aliphatic hydroxyl groups is 1. The summed E-state index contributed by atoms with van der Waals surface area (Å²) in [4.78, 5) is 0. The number of hydrogen-bond acceptors (Lipinski definition) is 2. The summed E-state index contributed by atoms with van der Waals surface area (Å²) < 4.78 is 6.00. The minimum atomic E-state index is -1.49. The summed E-state index contributed by atoms with van der Waals surface area (Å²) in [6.45, 7) is 8.87. The molecule has 108 valence electrons. The fraction of sp³-hybridized carbons (Fsp3) is 0.867. The van der Waals surface area contributed by atoms with Gasteiger partial charge in [-0.2, -0.15) is 0 Å². The summed E-state index contributed by atoms with van der Waals surface area (Å²) >= 11 is 0. The van der Waals surface area contributed by atoms with E-state index in [1.807, 2.05) is 12.3 Å². The molecule has 0 aliphatic heterocycles. The molecule has 0 radical (unpaired) electrons. The lowest BCUT2D eigenvalue weighted by Gasteiger charge is -2.26. The van der Waals surface area contributed by atoms with E-state index < -0.39 is 8.32 Å². The summed E-state index contributed by atoms with van der Waals surface area (Å²) in [5.74, 6) is 0. The molecule has 0 rings (SSSR count). The fourth-order valence-corrected chi connectivity index (χ4v) is 4.54. The predicted molar refractivity (Wildman–Crippen MR) is 82.2 cm³/mol. The lowest BCUT2D eigenvalue weighted by atomic mass is 10.1. The Morgan fingerprint density at radius 1 is 1.06 bits per heavy atom. The molecule has 0 aromatic carbocycles. The fourth-order valence-electron chi connectivity index (χ4n) is 2.15. The van der Waals surface area contributed by atoms with Gasteiger partial charge in [-0.15, -0.1) is 0 Å². The van der Waals surface area contributed by atoms with Crippen molar-refractivity contribution in [2.24, 2.45) is 0 Å². The molecule has 0 bridgehead atoms. The van der Waals surface area contributed by atoms with E-state index in [-0.39, 0.29) is 6.10 Å². The van der Waals surface area contributed by atoms with E-state index in [0.717, 1.165) is 19.3 Å². The van der Waals surface area contributed by atoms with E-state index in [4.69, 9.17) is 4.43 Å². The Bertz CT molecular complexity index is 204. The first-order valence-corrected chi connectivity index (χ1v) is 10.2. The maximum Gasteiger partial charge on any atom is 0.249 e. The lowest BCUT2D eigenvalue weighted by molar-refractivity contribution is 0.163. The Balaban J connectivity index is 3.87. The number of hydrogen-bond donors (Lipinski definition) is 1. The summed E-state index contributed by atoms with van der Waals surface area (Å²) in [5.41, 5.74) is 0. The van der Waals surface area contributed by atoms with Gasteiger partial charge < -0.3 is 9.53 Å². The van der Waals surface area contributed by atoms with Gasteiger partial charge in [-0.25, -0.2) is 0 Å². The van der Waals surface area contributed by atoms with Crippen LogP contribution in [0.15, 0.2) is 12.3 Å². The molecule has 0 aliphatic carbocycles. The first-order chi connectivity index (χ1) is 8.64. The zero-order valence-corrected chi connectivity index (χ0v) is 13.7. The van der Waals surface area contributed by atoms with Gasteiger partial charge in [0, 0.05) is 0 Å². The molecular weight excluding hydrogens is 240 g/mol. The van der Waals surface area contributed by atoms with Crippen molar-refractivity contribution in [1.29, 1.82) is 0 Å². The van der Waals surface area contributed by atoms with Crippen LogP contribution in [0, 0.1) is 0 Å². The highest BCUT2D eigenvalue weighted by molar-refractivity contribution is 6.73. The standard InChI is InChI=1S/C15H32O2Si/c1-5-9-10-12-15(16)13-11-14-17-18(6-2,7-3)8-4/h11,14-16H,5-10,12-13H2,1-4H3/b14-11+. The Labute approximate surface area is 115 Å². The van der Waals surface area contributed by atoms with Crippen molar-refractivity contribution in [2.45, 2.75) is 84.0 Å². The topological polar surface area (TPSA) is 29.5 Å². The minimum Gasteiger partial charge on any atom is -0.549 e. The van der Waals surface area contributed by atoms with Crippen molar-refractivity contribution in [2.75, 3.05) is 0 Å². The molecule has 0 aliphatic rings. The van der Waals surface area contributed by atoms with Gasteiger partial charge in [0.15, 0.2) is 0 Å². The highest BCUT2D eigenvalue weighted by Crippen LogP contribution is 2.21. The molecule has 0 heterocycles.